The molecule has 1 aliphatic rings. The number of nitrogens with zero attached hydrogens (tertiary/aromatic N) is 1. The molecule has 23 heavy (non-hydrogen) atoms. The lowest BCUT2D eigenvalue weighted by Gasteiger charge is -2.37. The number of nitrogens with two attached hydrogens (primary N) is 1. The summed E-state index contributed by atoms with van der Waals surface area (Å²) in [6, 6.07) is 5.92. The number of carbonyl (C=O) groups is 2. The molecule has 6 heteroatoms. The van der Waals surface area contributed by atoms with Crippen molar-refractivity contribution in [2.24, 2.45) is 11.7 Å². The molecule has 0 radical (unpaired) electrons. The molecule has 126 valence electrons. The van der Waals surface area contributed by atoms with Gasteiger partial charge in [0.1, 0.15) is 11.6 Å². The number of hydrogen-bond acceptors (Lipinski definition) is 3. The van der Waals surface area contributed by atoms with Gasteiger partial charge in [-0.15, -0.1) is 0 Å². The average molecular weight is 322 g/mol. The molecule has 1 fully saturated rings. The van der Waals surface area contributed by atoms with Gasteiger partial charge in [-0.2, -0.15) is 0 Å². The number of piperidine rings is 1. The third-order valence-corrected chi connectivity index (χ3v) is 4.22. The third kappa shape index (κ3) is 4.94. The van der Waals surface area contributed by atoms with Crippen LogP contribution in [0.4, 0.5) is 4.39 Å². The number of hydrogen-bond donors (Lipinski definition) is 1. The molecule has 2 amide bonds. The Hall–Kier alpha value is -2.11. The van der Waals surface area contributed by atoms with E-state index in [1.165, 1.54) is 12.1 Å². The van der Waals surface area contributed by atoms with Crippen LogP contribution in [-0.2, 0) is 9.59 Å². The van der Waals surface area contributed by atoms with Crippen LogP contribution in [0.1, 0.15) is 32.6 Å². The predicted molar refractivity (Wildman–Crippen MR) is 84.2 cm³/mol. The van der Waals surface area contributed by atoms with E-state index >= 15 is 0 Å². The minimum atomic E-state index is -0.339. The van der Waals surface area contributed by atoms with Crippen LogP contribution in [0.25, 0.3) is 0 Å². The van der Waals surface area contributed by atoms with Gasteiger partial charge in [-0.05, 0) is 50.5 Å². The zero-order chi connectivity index (χ0) is 16.8. The van der Waals surface area contributed by atoms with Gasteiger partial charge in [0, 0.05) is 19.0 Å². The number of ether oxygens (including phenoxy) is 1. The van der Waals surface area contributed by atoms with Crippen LogP contribution in [0.15, 0.2) is 24.3 Å². The summed E-state index contributed by atoms with van der Waals surface area (Å²) in [5.74, 6) is -0.291. The van der Waals surface area contributed by atoms with Crippen LogP contribution in [-0.4, -0.2) is 35.9 Å². The van der Waals surface area contributed by atoms with Gasteiger partial charge in [-0.1, -0.05) is 0 Å². The van der Waals surface area contributed by atoms with Gasteiger partial charge in [0.15, 0.2) is 0 Å². The molecule has 2 rings (SSSR count). The highest BCUT2D eigenvalue weighted by molar-refractivity contribution is 5.80. The average Bonchev–Trinajstić information content (AvgIpc) is 2.53. The molecule has 0 aromatic heterocycles. The first-order valence-corrected chi connectivity index (χ1v) is 7.94. The van der Waals surface area contributed by atoms with Gasteiger partial charge in [0.2, 0.25) is 11.8 Å². The van der Waals surface area contributed by atoms with E-state index in [1.807, 2.05) is 6.92 Å². The molecule has 1 heterocycles. The monoisotopic (exact) mass is 322 g/mol. The maximum atomic E-state index is 12.8. The Morgan fingerprint density at radius 1 is 1.30 bits per heavy atom. The van der Waals surface area contributed by atoms with Crippen molar-refractivity contribution >= 4 is 11.8 Å². The summed E-state index contributed by atoms with van der Waals surface area (Å²) in [6.45, 7) is 2.79. The van der Waals surface area contributed by atoms with Crippen molar-refractivity contribution in [3.8, 4) is 5.75 Å². The van der Waals surface area contributed by atoms with Crippen LogP contribution in [0.2, 0.25) is 0 Å². The first kappa shape index (κ1) is 17.2. The Bertz CT molecular complexity index is 547. The lowest BCUT2D eigenvalue weighted by Crippen LogP contribution is -2.48. The van der Waals surface area contributed by atoms with Gasteiger partial charge in [-0.25, -0.2) is 4.39 Å². The maximum absolute atomic E-state index is 12.8. The van der Waals surface area contributed by atoms with E-state index in [1.54, 1.807) is 17.0 Å². The van der Waals surface area contributed by atoms with Crippen molar-refractivity contribution in [3.63, 3.8) is 0 Å². The molecule has 1 aromatic rings. The van der Waals surface area contributed by atoms with Crippen molar-refractivity contribution in [1.29, 1.82) is 0 Å². The summed E-state index contributed by atoms with van der Waals surface area (Å²) >= 11 is 0. The molecular formula is C17H23FN2O3. The van der Waals surface area contributed by atoms with E-state index in [0.717, 1.165) is 12.8 Å². The fourth-order valence-corrected chi connectivity index (χ4v) is 2.77. The highest BCUT2D eigenvalue weighted by Crippen LogP contribution is 2.22. The van der Waals surface area contributed by atoms with Crippen molar-refractivity contribution in [2.75, 3.05) is 13.2 Å². The molecule has 0 spiro atoms. The molecule has 1 aliphatic heterocycles. The molecule has 0 aliphatic carbocycles. The molecule has 0 bridgehead atoms. The highest BCUT2D eigenvalue weighted by atomic mass is 19.1. The number of halogens is 1. The number of likely N-dealkylation sites (tertiary alicyclic amines) is 1. The summed E-state index contributed by atoms with van der Waals surface area (Å²) in [5.41, 5.74) is 5.35. The normalized spacial score (nSPS) is 21.0. The first-order chi connectivity index (χ1) is 11.0. The van der Waals surface area contributed by atoms with Gasteiger partial charge in [-0.3, -0.25) is 9.59 Å². The minimum Gasteiger partial charge on any atom is -0.494 e. The van der Waals surface area contributed by atoms with Crippen LogP contribution in [0, 0.1) is 11.7 Å². The largest absolute Gasteiger partial charge is 0.494 e. The van der Waals surface area contributed by atoms with Crippen molar-refractivity contribution < 1.29 is 18.7 Å². The highest BCUT2D eigenvalue weighted by Gasteiger charge is 2.31. The third-order valence-electron chi connectivity index (χ3n) is 4.22. The standard InChI is InChI=1S/C17H23FN2O3/c1-12-4-5-13(17(19)22)11-20(12)16(21)3-2-10-23-15-8-6-14(18)7-9-15/h6-9,12-13H,2-5,10-11H2,1H3,(H2,19,22)/t12-,13+/m1/s1. The van der Waals surface area contributed by atoms with E-state index in [0.29, 0.717) is 31.7 Å². The van der Waals surface area contributed by atoms with Gasteiger partial charge in [0.25, 0.3) is 0 Å². The Morgan fingerprint density at radius 2 is 2.00 bits per heavy atom. The molecule has 2 atom stereocenters. The van der Waals surface area contributed by atoms with Crippen molar-refractivity contribution in [2.45, 2.75) is 38.6 Å². The second-order valence-corrected chi connectivity index (χ2v) is 5.98. The fraction of sp³-hybridized carbons (Fsp3) is 0.529. The predicted octanol–water partition coefficient (Wildman–Crippen LogP) is 2.10. The van der Waals surface area contributed by atoms with Crippen molar-refractivity contribution in [1.82, 2.24) is 4.90 Å². The second kappa shape index (κ2) is 7.94. The second-order valence-electron chi connectivity index (χ2n) is 5.98. The maximum Gasteiger partial charge on any atom is 0.222 e. The summed E-state index contributed by atoms with van der Waals surface area (Å²) in [4.78, 5) is 25.4. The Labute approximate surface area is 135 Å². The number of benzene rings is 1. The van der Waals surface area contributed by atoms with Gasteiger partial charge < -0.3 is 15.4 Å². The van der Waals surface area contributed by atoms with E-state index in [2.05, 4.69) is 0 Å². The zero-order valence-corrected chi connectivity index (χ0v) is 13.3. The lowest BCUT2D eigenvalue weighted by atomic mass is 9.92. The van der Waals surface area contributed by atoms with E-state index in [-0.39, 0.29) is 29.6 Å². The van der Waals surface area contributed by atoms with Gasteiger partial charge in [0.05, 0.1) is 12.5 Å². The first-order valence-electron chi connectivity index (χ1n) is 7.94. The van der Waals surface area contributed by atoms with Crippen LogP contribution < -0.4 is 10.5 Å². The van der Waals surface area contributed by atoms with Crippen LogP contribution in [0.5, 0.6) is 5.75 Å². The zero-order valence-electron chi connectivity index (χ0n) is 13.3. The van der Waals surface area contributed by atoms with E-state index in [9.17, 15) is 14.0 Å². The lowest BCUT2D eigenvalue weighted by molar-refractivity contribution is -0.137. The molecule has 2 N–H and O–H groups in total. The summed E-state index contributed by atoms with van der Waals surface area (Å²) in [5, 5.41) is 0. The SMILES string of the molecule is C[C@@H]1CC[C@H](C(N)=O)CN1C(=O)CCCOc1ccc(F)cc1. The summed E-state index contributed by atoms with van der Waals surface area (Å²) in [6.07, 6.45) is 2.47. The Balaban J connectivity index is 1.75. The molecule has 1 aromatic carbocycles. The smallest absolute Gasteiger partial charge is 0.222 e. The molecule has 0 unspecified atom stereocenters. The number of primary amides is 1. The molecular weight excluding hydrogens is 299 g/mol. The van der Waals surface area contributed by atoms with Gasteiger partial charge >= 0.3 is 0 Å². The van der Waals surface area contributed by atoms with E-state index in [4.69, 9.17) is 10.5 Å². The molecule has 5 nitrogen and oxygen atoms in total. The minimum absolute atomic E-state index is 0.0196. The number of rotatable bonds is 6. The van der Waals surface area contributed by atoms with Crippen LogP contribution >= 0.6 is 0 Å². The van der Waals surface area contributed by atoms with E-state index < -0.39 is 0 Å². The summed E-state index contributed by atoms with van der Waals surface area (Å²) < 4.78 is 18.2. The topological polar surface area (TPSA) is 72.6 Å². The fourth-order valence-electron chi connectivity index (χ4n) is 2.77. The van der Waals surface area contributed by atoms with Crippen LogP contribution in [0.3, 0.4) is 0 Å². The molecule has 0 saturated carbocycles. The quantitative estimate of drug-likeness (QED) is 0.815. The Morgan fingerprint density at radius 3 is 2.65 bits per heavy atom. The molecule has 1 saturated heterocycles. The Kier molecular flexibility index (Phi) is 5.96. The summed E-state index contributed by atoms with van der Waals surface area (Å²) in [7, 11) is 0. The number of carbonyl (C=O) groups excluding carboxylic acids is 2. The number of amides is 2. The van der Waals surface area contributed by atoms with Crippen molar-refractivity contribution in [3.05, 3.63) is 30.1 Å².